The molecule has 108 valence electrons. The molecule has 4 nitrogen and oxygen atoms in total. The number of hydrogen-bond acceptors (Lipinski definition) is 3. The van der Waals surface area contributed by atoms with Crippen LogP contribution in [0, 0.1) is 0 Å². The second-order valence-electron chi connectivity index (χ2n) is 4.05. The minimum absolute atomic E-state index is 0.0636. The van der Waals surface area contributed by atoms with Gasteiger partial charge in [-0.15, -0.1) is 0 Å². The molecule has 0 heterocycles. The zero-order valence-corrected chi connectivity index (χ0v) is 13.3. The Kier molecular flexibility index (Phi) is 6.56. The minimum Gasteiger partial charge on any atom is -0.313 e. The van der Waals surface area contributed by atoms with Gasteiger partial charge in [0, 0.05) is 18.1 Å². The van der Waals surface area contributed by atoms with Crippen molar-refractivity contribution in [1.82, 2.24) is 10.0 Å². The molecule has 0 spiro atoms. The van der Waals surface area contributed by atoms with E-state index in [1.54, 1.807) is 6.92 Å². The Morgan fingerprint density at radius 2 is 1.84 bits per heavy atom. The molecular formula is C12H18Cl2N2O2S. The summed E-state index contributed by atoms with van der Waals surface area (Å²) in [6, 6.07) is 2.99. The molecule has 2 N–H and O–H groups in total. The van der Waals surface area contributed by atoms with Crippen molar-refractivity contribution in [3.63, 3.8) is 0 Å². The van der Waals surface area contributed by atoms with Crippen LogP contribution in [0.2, 0.25) is 10.0 Å². The topological polar surface area (TPSA) is 58.2 Å². The molecule has 0 fully saturated rings. The third-order valence-corrected chi connectivity index (χ3v) is 4.83. The van der Waals surface area contributed by atoms with Gasteiger partial charge in [-0.2, -0.15) is 0 Å². The van der Waals surface area contributed by atoms with Gasteiger partial charge < -0.3 is 5.32 Å². The first kappa shape index (κ1) is 16.7. The third kappa shape index (κ3) is 4.61. The Morgan fingerprint density at radius 1 is 1.16 bits per heavy atom. The van der Waals surface area contributed by atoms with Crippen LogP contribution >= 0.6 is 23.2 Å². The molecule has 0 aliphatic carbocycles. The van der Waals surface area contributed by atoms with Crippen LogP contribution < -0.4 is 10.0 Å². The molecule has 0 bridgehead atoms. The average molecular weight is 325 g/mol. The Hall–Kier alpha value is -0.330. The lowest BCUT2D eigenvalue weighted by molar-refractivity contribution is 0.583. The highest BCUT2D eigenvalue weighted by atomic mass is 35.5. The normalized spacial score (nSPS) is 11.8. The number of halogens is 2. The Labute approximate surface area is 124 Å². The zero-order chi connectivity index (χ0) is 14.5. The second kappa shape index (κ2) is 7.45. The van der Waals surface area contributed by atoms with Gasteiger partial charge in [-0.05, 0) is 30.7 Å². The summed E-state index contributed by atoms with van der Waals surface area (Å²) >= 11 is 12.0. The molecule has 0 aromatic heterocycles. The molecule has 0 radical (unpaired) electrons. The molecule has 19 heavy (non-hydrogen) atoms. The third-order valence-electron chi connectivity index (χ3n) is 2.47. The molecule has 1 aromatic carbocycles. The second-order valence-corrected chi connectivity index (χ2v) is 6.60. The van der Waals surface area contributed by atoms with Gasteiger partial charge in [0.2, 0.25) is 10.0 Å². The Balaban J connectivity index is 3.09. The fourth-order valence-corrected chi connectivity index (χ4v) is 3.48. The lowest BCUT2D eigenvalue weighted by atomic mass is 10.2. The van der Waals surface area contributed by atoms with E-state index in [0.29, 0.717) is 18.1 Å². The van der Waals surface area contributed by atoms with Crippen LogP contribution in [0.4, 0.5) is 0 Å². The van der Waals surface area contributed by atoms with E-state index in [4.69, 9.17) is 23.2 Å². The number of rotatable bonds is 7. The van der Waals surface area contributed by atoms with Crippen LogP contribution in [0.15, 0.2) is 17.0 Å². The summed E-state index contributed by atoms with van der Waals surface area (Å²) in [4.78, 5) is 0.0636. The summed E-state index contributed by atoms with van der Waals surface area (Å²) in [7, 11) is -3.58. The van der Waals surface area contributed by atoms with Crippen LogP contribution in [0.3, 0.4) is 0 Å². The molecular weight excluding hydrogens is 307 g/mol. The number of benzene rings is 1. The maximum absolute atomic E-state index is 12.0. The van der Waals surface area contributed by atoms with Crippen LogP contribution in [0.25, 0.3) is 0 Å². The van der Waals surface area contributed by atoms with E-state index in [0.717, 1.165) is 18.5 Å². The summed E-state index contributed by atoms with van der Waals surface area (Å²) in [5, 5.41) is 3.77. The highest BCUT2D eigenvalue weighted by Gasteiger charge is 2.19. The van der Waals surface area contributed by atoms with E-state index < -0.39 is 10.0 Å². The Morgan fingerprint density at radius 3 is 2.42 bits per heavy atom. The van der Waals surface area contributed by atoms with Crippen molar-refractivity contribution in [3.05, 3.63) is 27.7 Å². The molecule has 1 rings (SSSR count). The lowest BCUT2D eigenvalue weighted by Crippen LogP contribution is -2.24. The molecule has 0 atom stereocenters. The summed E-state index contributed by atoms with van der Waals surface area (Å²) in [5.41, 5.74) is 0.719. The Bertz CT molecular complexity index is 533. The summed E-state index contributed by atoms with van der Waals surface area (Å²) in [5.74, 6) is 0. The van der Waals surface area contributed by atoms with Crippen molar-refractivity contribution in [2.75, 3.05) is 13.1 Å². The van der Waals surface area contributed by atoms with Gasteiger partial charge in [0.25, 0.3) is 0 Å². The molecule has 0 aliphatic heterocycles. The van der Waals surface area contributed by atoms with E-state index in [-0.39, 0.29) is 9.92 Å². The standard InChI is InChI=1S/C12H18Cl2N2O2S/c1-3-5-15-8-9-6-12(11(14)7-10(9)13)19(17,18)16-4-2/h6-7,15-16H,3-5,8H2,1-2H3. The SMILES string of the molecule is CCCNCc1cc(S(=O)(=O)NCC)c(Cl)cc1Cl. The molecule has 0 unspecified atom stereocenters. The highest BCUT2D eigenvalue weighted by Crippen LogP contribution is 2.28. The first-order valence-corrected chi connectivity index (χ1v) is 8.34. The smallest absolute Gasteiger partial charge is 0.242 e. The van der Waals surface area contributed by atoms with Crippen molar-refractivity contribution in [2.24, 2.45) is 0 Å². The van der Waals surface area contributed by atoms with Gasteiger partial charge in [0.1, 0.15) is 4.90 Å². The van der Waals surface area contributed by atoms with Crippen LogP contribution in [0.5, 0.6) is 0 Å². The van der Waals surface area contributed by atoms with Gasteiger partial charge in [-0.25, -0.2) is 13.1 Å². The van der Waals surface area contributed by atoms with Gasteiger partial charge in [0.15, 0.2) is 0 Å². The molecule has 0 amide bonds. The fraction of sp³-hybridized carbons (Fsp3) is 0.500. The van der Waals surface area contributed by atoms with E-state index >= 15 is 0 Å². The number of hydrogen-bond donors (Lipinski definition) is 2. The average Bonchev–Trinajstić information content (AvgIpc) is 2.31. The van der Waals surface area contributed by atoms with E-state index in [2.05, 4.69) is 17.0 Å². The molecule has 0 aliphatic rings. The van der Waals surface area contributed by atoms with E-state index in [1.165, 1.54) is 12.1 Å². The van der Waals surface area contributed by atoms with Crippen molar-refractivity contribution >= 4 is 33.2 Å². The van der Waals surface area contributed by atoms with E-state index in [9.17, 15) is 8.42 Å². The molecule has 0 saturated heterocycles. The zero-order valence-electron chi connectivity index (χ0n) is 11.0. The van der Waals surface area contributed by atoms with E-state index in [1.807, 2.05) is 0 Å². The van der Waals surface area contributed by atoms with Gasteiger partial charge in [0.05, 0.1) is 5.02 Å². The van der Waals surface area contributed by atoms with Gasteiger partial charge >= 0.3 is 0 Å². The summed E-state index contributed by atoms with van der Waals surface area (Å²) in [6.07, 6.45) is 0.994. The first-order chi connectivity index (χ1) is 8.92. The maximum atomic E-state index is 12.0. The van der Waals surface area contributed by atoms with Crippen molar-refractivity contribution in [1.29, 1.82) is 0 Å². The molecule has 1 aromatic rings. The predicted molar refractivity (Wildman–Crippen MR) is 79.3 cm³/mol. The minimum atomic E-state index is -3.58. The van der Waals surface area contributed by atoms with Crippen LogP contribution in [-0.4, -0.2) is 21.5 Å². The quantitative estimate of drug-likeness (QED) is 0.758. The number of nitrogens with one attached hydrogen (secondary N) is 2. The van der Waals surface area contributed by atoms with Crippen LogP contribution in [-0.2, 0) is 16.6 Å². The summed E-state index contributed by atoms with van der Waals surface area (Å²) < 4.78 is 26.4. The molecule has 7 heteroatoms. The predicted octanol–water partition coefficient (Wildman–Crippen LogP) is 2.79. The first-order valence-electron chi connectivity index (χ1n) is 6.10. The van der Waals surface area contributed by atoms with Crippen molar-refractivity contribution < 1.29 is 8.42 Å². The number of sulfonamides is 1. The molecule has 0 saturated carbocycles. The lowest BCUT2D eigenvalue weighted by Gasteiger charge is -2.11. The van der Waals surface area contributed by atoms with Crippen molar-refractivity contribution in [2.45, 2.75) is 31.7 Å². The van der Waals surface area contributed by atoms with Gasteiger partial charge in [-0.3, -0.25) is 0 Å². The van der Waals surface area contributed by atoms with Gasteiger partial charge in [-0.1, -0.05) is 37.0 Å². The maximum Gasteiger partial charge on any atom is 0.242 e. The highest BCUT2D eigenvalue weighted by molar-refractivity contribution is 7.89. The fourth-order valence-electron chi connectivity index (χ4n) is 1.58. The van der Waals surface area contributed by atoms with Crippen LogP contribution in [0.1, 0.15) is 25.8 Å². The monoisotopic (exact) mass is 324 g/mol. The largest absolute Gasteiger partial charge is 0.313 e. The summed E-state index contributed by atoms with van der Waals surface area (Å²) in [6.45, 7) is 5.43. The van der Waals surface area contributed by atoms with Crippen molar-refractivity contribution in [3.8, 4) is 0 Å².